The predicted octanol–water partition coefficient (Wildman–Crippen LogP) is 8.37. The normalized spacial score (nSPS) is 19.2. The van der Waals surface area contributed by atoms with Gasteiger partial charge in [-0.05, 0) is 0 Å². The molecule has 0 unspecified atom stereocenters. The SMILES string of the molecule is COc1ccc(C2=NN(c3ccccc3)[C@H]([C](=[Cr])O[C@@H]3C[C@H](C)CC[C@H]3C(C)(C)c3ccccc3)[C@H]2c2ccc(OC)cc2)cc1.[C-]#[O+].[C-]#[O+].[C-]#[O+].[C-]#[O+].[C-]#[O+]. The fourth-order valence-corrected chi connectivity index (χ4v) is 7.86. The average molecular weight is 793 g/mol. The number of nitrogens with zero attached hydrogens (tertiary/aromatic N) is 2. The molecule has 0 amide bonds. The summed E-state index contributed by atoms with van der Waals surface area (Å²) in [6.45, 7) is 29.6. The molecule has 288 valence electrons. The zero-order valence-corrected chi connectivity index (χ0v) is 33.2. The van der Waals surface area contributed by atoms with Crippen LogP contribution in [0, 0.1) is 45.1 Å². The summed E-state index contributed by atoms with van der Waals surface area (Å²) in [5.41, 5.74) is 5.51. The van der Waals surface area contributed by atoms with Crippen LogP contribution in [0.25, 0.3) is 0 Å². The molecule has 1 heterocycles. The average Bonchev–Trinajstić information content (AvgIpc) is 3.69. The van der Waals surface area contributed by atoms with Gasteiger partial charge in [-0.3, -0.25) is 0 Å². The molecular formula is C45H44CrN2O8. The molecule has 2 aliphatic rings. The van der Waals surface area contributed by atoms with Gasteiger partial charge in [0.2, 0.25) is 0 Å². The van der Waals surface area contributed by atoms with Crippen molar-refractivity contribution in [1.82, 2.24) is 0 Å². The van der Waals surface area contributed by atoms with Crippen LogP contribution in [0.2, 0.25) is 0 Å². The van der Waals surface area contributed by atoms with Gasteiger partial charge in [-0.2, -0.15) is 0 Å². The number of anilines is 1. The minimum absolute atomic E-state index is 0.0404. The Morgan fingerprint density at radius 1 is 0.696 bits per heavy atom. The summed E-state index contributed by atoms with van der Waals surface area (Å²) < 4.78 is 56.6. The molecular weight excluding hydrogens is 748 g/mol. The molecule has 0 N–H and O–H groups in total. The number of benzene rings is 4. The van der Waals surface area contributed by atoms with E-state index in [9.17, 15) is 0 Å². The maximum absolute atomic E-state index is 7.50. The Labute approximate surface area is 338 Å². The van der Waals surface area contributed by atoms with Crippen LogP contribution in [0.3, 0.4) is 0 Å². The van der Waals surface area contributed by atoms with E-state index in [-0.39, 0.29) is 23.5 Å². The second-order valence-corrected chi connectivity index (χ2v) is 13.8. The minimum atomic E-state index is -0.203. The van der Waals surface area contributed by atoms with E-state index in [1.54, 1.807) is 14.2 Å². The number of hydrogen-bond donors (Lipinski definition) is 0. The van der Waals surface area contributed by atoms with Crippen molar-refractivity contribution in [2.75, 3.05) is 19.2 Å². The first kappa shape index (κ1) is 49.0. The molecule has 1 aliphatic heterocycles. The molecule has 0 radical (unpaired) electrons. The Morgan fingerprint density at radius 2 is 1.18 bits per heavy atom. The van der Waals surface area contributed by atoms with Gasteiger partial charge in [-0.25, -0.2) is 0 Å². The van der Waals surface area contributed by atoms with Crippen LogP contribution < -0.4 is 14.5 Å². The first-order valence-corrected chi connectivity index (χ1v) is 17.9. The van der Waals surface area contributed by atoms with Crippen molar-refractivity contribution in [3.8, 4) is 11.5 Å². The molecule has 1 saturated carbocycles. The summed E-state index contributed by atoms with van der Waals surface area (Å²) in [4.78, 5) is 0. The molecule has 6 rings (SSSR count). The molecule has 1 fully saturated rings. The Balaban J connectivity index is 0.00000145. The van der Waals surface area contributed by atoms with E-state index < -0.39 is 0 Å². The van der Waals surface area contributed by atoms with Gasteiger partial charge in [0.15, 0.2) is 0 Å². The fraction of sp³-hybridized carbons (Fsp3) is 0.311. The van der Waals surface area contributed by atoms with Gasteiger partial charge in [-0.15, -0.1) is 0 Å². The standard InChI is InChI=1S/C40H44N2O3.5CO.Cr/c1-28-16-25-35(40(2,3)31-12-8-6-9-13-31)37(26-28)45-27-36-38(29-17-21-33(43-4)22-18-29)39(30-19-23-34(44-5)24-20-30)41-42(36)32-14-10-7-11-15-32;5*1-2;/h6-15,17-24,28,35-38H,16,25-26H2,1-5H3;;;;;;/t28-,35-,36-,37-,38-;;;;;;/m1....../s1. The molecule has 4 aromatic rings. The van der Waals surface area contributed by atoms with Crippen molar-refractivity contribution in [2.24, 2.45) is 16.9 Å². The van der Waals surface area contributed by atoms with E-state index in [4.69, 9.17) is 42.6 Å². The molecule has 56 heavy (non-hydrogen) atoms. The summed E-state index contributed by atoms with van der Waals surface area (Å²) in [6, 6.07) is 37.7. The Morgan fingerprint density at radius 3 is 1.68 bits per heavy atom. The summed E-state index contributed by atoms with van der Waals surface area (Å²) >= 11 is 3.44. The Kier molecular flexibility index (Phi) is 22.7. The van der Waals surface area contributed by atoms with E-state index in [0.717, 1.165) is 51.4 Å². The predicted molar refractivity (Wildman–Crippen MR) is 203 cm³/mol. The number of hydrogen-bond acceptors (Lipinski definition) is 5. The van der Waals surface area contributed by atoms with Crippen molar-refractivity contribution in [3.05, 3.63) is 159 Å². The van der Waals surface area contributed by atoms with Gasteiger partial charge in [0, 0.05) is 0 Å². The Bertz CT molecular complexity index is 1850. The third-order valence-corrected chi connectivity index (χ3v) is 10.5. The fourth-order valence-electron chi connectivity index (χ4n) is 7.30. The van der Waals surface area contributed by atoms with Crippen molar-refractivity contribution >= 4 is 16.0 Å². The van der Waals surface area contributed by atoms with Crippen LogP contribution >= 0.6 is 0 Å². The molecule has 5 atom stereocenters. The molecule has 1 aliphatic carbocycles. The van der Waals surface area contributed by atoms with Gasteiger partial charge in [0.1, 0.15) is 0 Å². The van der Waals surface area contributed by atoms with Crippen molar-refractivity contribution in [2.45, 2.75) is 63.5 Å². The van der Waals surface area contributed by atoms with E-state index >= 15 is 0 Å². The third-order valence-electron chi connectivity index (χ3n) is 9.98. The second-order valence-electron chi connectivity index (χ2n) is 13.2. The Hall–Kier alpha value is -4.99. The summed E-state index contributed by atoms with van der Waals surface area (Å²) in [6.07, 6.45) is 3.42. The number of hydrazone groups is 1. The van der Waals surface area contributed by atoms with Gasteiger partial charge < -0.3 is 0 Å². The van der Waals surface area contributed by atoms with Crippen LogP contribution in [0.15, 0.2) is 114 Å². The number of rotatable bonds is 10. The van der Waals surface area contributed by atoms with Crippen molar-refractivity contribution in [1.29, 1.82) is 0 Å². The first-order valence-electron chi connectivity index (χ1n) is 17.3. The quantitative estimate of drug-likeness (QED) is 0.117. The number of para-hydroxylation sites is 1. The van der Waals surface area contributed by atoms with E-state index in [0.29, 0.717) is 11.8 Å². The van der Waals surface area contributed by atoms with E-state index in [1.165, 1.54) is 12.0 Å². The summed E-state index contributed by atoms with van der Waals surface area (Å²) in [7, 11) is 3.40. The molecule has 0 saturated heterocycles. The third kappa shape index (κ3) is 12.3. The topological polar surface area (TPSA) is 143 Å². The molecule has 0 bridgehead atoms. The zero-order chi connectivity index (χ0) is 42.3. The van der Waals surface area contributed by atoms with Crippen LogP contribution in [-0.4, -0.2) is 36.6 Å². The van der Waals surface area contributed by atoms with Crippen LogP contribution in [0.1, 0.15) is 62.6 Å². The zero-order valence-electron chi connectivity index (χ0n) is 32.0. The van der Waals surface area contributed by atoms with Crippen molar-refractivity contribution in [3.63, 3.8) is 0 Å². The van der Waals surface area contributed by atoms with Crippen LogP contribution in [0.5, 0.6) is 11.5 Å². The molecule has 11 heteroatoms. The maximum atomic E-state index is 7.50. The molecule has 10 nitrogen and oxygen atoms in total. The van der Waals surface area contributed by atoms with Gasteiger partial charge in [0.05, 0.1) is 0 Å². The first-order chi connectivity index (χ1) is 27.3. The number of ether oxygens (including phenoxy) is 3. The van der Waals surface area contributed by atoms with Gasteiger partial charge in [-0.1, -0.05) is 0 Å². The molecule has 0 spiro atoms. The molecule has 0 aromatic heterocycles. The van der Waals surface area contributed by atoms with Gasteiger partial charge >= 0.3 is 340 Å². The summed E-state index contributed by atoms with van der Waals surface area (Å²) in [5.74, 6) is 2.50. The van der Waals surface area contributed by atoms with Gasteiger partial charge in [0.25, 0.3) is 0 Å². The van der Waals surface area contributed by atoms with E-state index in [1.807, 2.05) is 30.3 Å². The van der Waals surface area contributed by atoms with Crippen LogP contribution in [-0.2, 0) is 49.3 Å². The van der Waals surface area contributed by atoms with E-state index in [2.05, 4.69) is 154 Å². The second kappa shape index (κ2) is 26.0. The summed E-state index contributed by atoms with van der Waals surface area (Å²) in [5, 5.41) is 7.51. The number of methoxy groups -OCH3 is 2. The molecule has 4 aromatic carbocycles. The van der Waals surface area contributed by atoms with Crippen molar-refractivity contribution < 1.29 is 53.3 Å². The van der Waals surface area contributed by atoms with Crippen LogP contribution in [0.4, 0.5) is 5.69 Å². The monoisotopic (exact) mass is 792 g/mol.